The zero-order valence-electron chi connectivity index (χ0n) is 17.2. The summed E-state index contributed by atoms with van der Waals surface area (Å²) >= 11 is 0. The van der Waals surface area contributed by atoms with Crippen molar-refractivity contribution in [2.24, 2.45) is 0 Å². The fourth-order valence-corrected chi connectivity index (χ4v) is 2.48. The number of hydrogen-bond donors (Lipinski definition) is 1. The van der Waals surface area contributed by atoms with Gasteiger partial charge >= 0.3 is 12.1 Å². The van der Waals surface area contributed by atoms with Gasteiger partial charge < -0.3 is 9.47 Å². The molecule has 0 fully saturated rings. The third-order valence-corrected chi connectivity index (χ3v) is 3.67. The zero-order valence-corrected chi connectivity index (χ0v) is 17.2. The van der Waals surface area contributed by atoms with E-state index in [1.54, 1.807) is 46.8 Å². The molecule has 2 aromatic rings. The zero-order chi connectivity index (χ0) is 21.8. The molecule has 1 aromatic heterocycles. The molecule has 1 heterocycles. The Kier molecular flexibility index (Phi) is 7.00. The number of benzene rings is 1. The first-order valence-electron chi connectivity index (χ1n) is 9.19. The van der Waals surface area contributed by atoms with E-state index in [1.807, 2.05) is 0 Å². The number of carbonyl (C=O) groups is 2. The number of pyridine rings is 1. The van der Waals surface area contributed by atoms with Crippen LogP contribution in [0.3, 0.4) is 0 Å². The molecule has 0 aliphatic carbocycles. The van der Waals surface area contributed by atoms with Gasteiger partial charge in [-0.2, -0.15) is 0 Å². The van der Waals surface area contributed by atoms with E-state index in [0.29, 0.717) is 12.0 Å². The van der Waals surface area contributed by atoms with Crippen molar-refractivity contribution >= 4 is 31.1 Å². The maximum absolute atomic E-state index is 13.1. The Balaban J connectivity index is 2.41. The lowest BCUT2D eigenvalue weighted by molar-refractivity contribution is 0.0372. The summed E-state index contributed by atoms with van der Waals surface area (Å²) in [5.41, 5.74) is 0.668. The Morgan fingerprint density at radius 1 is 1.21 bits per heavy atom. The predicted octanol–water partition coefficient (Wildman–Crippen LogP) is 3.52. The Morgan fingerprint density at radius 2 is 1.83 bits per heavy atom. The highest BCUT2D eigenvalue weighted by Crippen LogP contribution is 2.18. The summed E-state index contributed by atoms with van der Waals surface area (Å²) in [6.07, 6.45) is 0.625. The molecule has 0 atom stereocenters. The van der Waals surface area contributed by atoms with E-state index in [4.69, 9.17) is 17.3 Å². The Bertz CT molecular complexity index is 893. The summed E-state index contributed by atoms with van der Waals surface area (Å²) in [7, 11) is 6.25. The van der Waals surface area contributed by atoms with Crippen LogP contribution in [0.2, 0.25) is 0 Å². The fraction of sp³-hybridized carbons (Fsp3) is 0.381. The minimum absolute atomic E-state index is 0.0181. The SMILES string of the molecule is [B]c1c(Cc2ccc(F)cc2)cnc(C(=O)OC(C)C)c1NC(=O)OC(C)(C)C. The Morgan fingerprint density at radius 3 is 2.38 bits per heavy atom. The smallest absolute Gasteiger partial charge is 0.412 e. The number of ether oxygens (including phenoxy) is 2. The molecule has 0 bridgehead atoms. The molecule has 1 N–H and O–H groups in total. The Hall–Kier alpha value is -2.90. The van der Waals surface area contributed by atoms with Crippen LogP contribution >= 0.6 is 0 Å². The largest absolute Gasteiger partial charge is 0.458 e. The maximum Gasteiger partial charge on any atom is 0.412 e. The van der Waals surface area contributed by atoms with Gasteiger partial charge in [0, 0.05) is 6.20 Å². The van der Waals surface area contributed by atoms with Gasteiger partial charge in [-0.25, -0.2) is 19.0 Å². The first-order valence-corrected chi connectivity index (χ1v) is 9.19. The normalized spacial score (nSPS) is 11.3. The summed E-state index contributed by atoms with van der Waals surface area (Å²) < 4.78 is 23.6. The first kappa shape index (κ1) is 22.4. The van der Waals surface area contributed by atoms with E-state index in [-0.39, 0.29) is 28.8 Å². The summed E-state index contributed by atoms with van der Waals surface area (Å²) in [6.45, 7) is 8.55. The van der Waals surface area contributed by atoms with Gasteiger partial charge in [-0.3, -0.25) is 5.32 Å². The van der Waals surface area contributed by atoms with Gasteiger partial charge in [0.2, 0.25) is 0 Å². The van der Waals surface area contributed by atoms with E-state index in [9.17, 15) is 14.0 Å². The molecule has 8 heteroatoms. The van der Waals surface area contributed by atoms with Gasteiger partial charge in [0.1, 0.15) is 19.3 Å². The van der Waals surface area contributed by atoms with Crippen molar-refractivity contribution < 1.29 is 23.5 Å². The average molecular weight is 398 g/mol. The van der Waals surface area contributed by atoms with Gasteiger partial charge in [-0.15, -0.1) is 0 Å². The number of aromatic nitrogens is 1. The molecular weight excluding hydrogens is 374 g/mol. The number of hydrogen-bond acceptors (Lipinski definition) is 5. The second-order valence-corrected chi connectivity index (χ2v) is 7.80. The van der Waals surface area contributed by atoms with Gasteiger partial charge in [-0.1, -0.05) is 17.6 Å². The summed E-state index contributed by atoms with van der Waals surface area (Å²) in [5, 5.41) is 2.52. The second-order valence-electron chi connectivity index (χ2n) is 7.80. The highest BCUT2D eigenvalue weighted by Gasteiger charge is 2.24. The lowest BCUT2D eigenvalue weighted by Gasteiger charge is -2.22. The minimum atomic E-state index is -0.775. The molecule has 0 saturated carbocycles. The van der Waals surface area contributed by atoms with Crippen molar-refractivity contribution in [3.05, 3.63) is 53.1 Å². The molecule has 2 radical (unpaired) electrons. The number of esters is 1. The molecule has 2 rings (SSSR count). The molecule has 152 valence electrons. The van der Waals surface area contributed by atoms with E-state index in [2.05, 4.69) is 10.3 Å². The lowest BCUT2D eigenvalue weighted by atomic mass is 9.86. The fourth-order valence-electron chi connectivity index (χ4n) is 2.48. The van der Waals surface area contributed by atoms with Crippen LogP contribution in [0.1, 0.15) is 56.2 Å². The van der Waals surface area contributed by atoms with Crippen LogP contribution in [0.4, 0.5) is 14.9 Å². The molecule has 6 nitrogen and oxygen atoms in total. The number of rotatable bonds is 5. The van der Waals surface area contributed by atoms with Crippen LogP contribution in [0, 0.1) is 5.82 Å². The summed E-state index contributed by atoms with van der Waals surface area (Å²) in [5.74, 6) is -1.06. The van der Waals surface area contributed by atoms with Crippen molar-refractivity contribution in [2.45, 2.75) is 52.7 Å². The number of nitrogens with zero attached hydrogens (tertiary/aromatic N) is 1. The molecule has 0 unspecified atom stereocenters. The monoisotopic (exact) mass is 398 g/mol. The highest BCUT2D eigenvalue weighted by molar-refractivity contribution is 6.38. The number of amides is 1. The number of halogens is 1. The van der Waals surface area contributed by atoms with Gasteiger partial charge in [0.15, 0.2) is 5.69 Å². The van der Waals surface area contributed by atoms with E-state index in [0.717, 1.165) is 5.56 Å². The molecule has 0 saturated heterocycles. The summed E-state index contributed by atoms with van der Waals surface area (Å²) in [4.78, 5) is 28.9. The molecule has 0 aliphatic heterocycles. The van der Waals surface area contributed by atoms with Crippen molar-refractivity contribution in [2.75, 3.05) is 5.32 Å². The Labute approximate surface area is 171 Å². The number of carbonyl (C=O) groups excluding carboxylic acids is 2. The van der Waals surface area contributed by atoms with Crippen LogP contribution in [-0.2, 0) is 15.9 Å². The van der Waals surface area contributed by atoms with E-state index < -0.39 is 17.7 Å². The van der Waals surface area contributed by atoms with Crippen molar-refractivity contribution in [1.29, 1.82) is 0 Å². The van der Waals surface area contributed by atoms with Gasteiger partial charge in [-0.05, 0) is 64.3 Å². The van der Waals surface area contributed by atoms with Crippen LogP contribution in [0.5, 0.6) is 0 Å². The average Bonchev–Trinajstić information content (AvgIpc) is 2.58. The standard InChI is InChI=1S/C21H24BFN2O4/c1-12(2)28-19(26)18-17(25-20(27)29-21(3,4)5)16(22)14(11-24-18)10-13-6-8-15(23)9-7-13/h6-9,11-12H,10H2,1-5H3,(H,25,27). The first-order chi connectivity index (χ1) is 13.5. The molecular formula is C21H24BFN2O4. The van der Waals surface area contributed by atoms with Crippen molar-refractivity contribution in [1.82, 2.24) is 4.98 Å². The van der Waals surface area contributed by atoms with Crippen LogP contribution in [-0.4, -0.2) is 36.6 Å². The maximum atomic E-state index is 13.1. The van der Waals surface area contributed by atoms with E-state index in [1.165, 1.54) is 18.3 Å². The van der Waals surface area contributed by atoms with Crippen LogP contribution in [0.15, 0.2) is 30.5 Å². The van der Waals surface area contributed by atoms with Gasteiger partial charge in [0.05, 0.1) is 11.8 Å². The molecule has 1 aromatic carbocycles. The molecule has 29 heavy (non-hydrogen) atoms. The second kappa shape index (κ2) is 9.07. The predicted molar refractivity (Wildman–Crippen MR) is 109 cm³/mol. The quantitative estimate of drug-likeness (QED) is 0.616. The highest BCUT2D eigenvalue weighted by atomic mass is 19.1. The van der Waals surface area contributed by atoms with Crippen molar-refractivity contribution in [3.8, 4) is 0 Å². The summed E-state index contributed by atoms with van der Waals surface area (Å²) in [6, 6.07) is 5.92. The number of anilines is 1. The van der Waals surface area contributed by atoms with E-state index >= 15 is 0 Å². The number of nitrogens with one attached hydrogen (secondary N) is 1. The minimum Gasteiger partial charge on any atom is -0.458 e. The third kappa shape index (κ3) is 6.59. The van der Waals surface area contributed by atoms with Gasteiger partial charge in [0.25, 0.3) is 0 Å². The molecule has 0 spiro atoms. The van der Waals surface area contributed by atoms with Crippen LogP contribution < -0.4 is 10.8 Å². The molecule has 1 amide bonds. The topological polar surface area (TPSA) is 77.5 Å². The van der Waals surface area contributed by atoms with Crippen LogP contribution in [0.25, 0.3) is 0 Å². The van der Waals surface area contributed by atoms with Crippen molar-refractivity contribution in [3.63, 3.8) is 0 Å². The molecule has 0 aliphatic rings. The lowest BCUT2D eigenvalue weighted by Crippen LogP contribution is -2.31. The third-order valence-electron chi connectivity index (χ3n) is 3.67.